The van der Waals surface area contributed by atoms with E-state index >= 15 is 0 Å². The van der Waals surface area contributed by atoms with Crippen LogP contribution in [0.3, 0.4) is 0 Å². The molecule has 2 amide bonds. The standard InChI is InChI=1S/C21H24N6O3S/c1-13-3-5-15(6-4-13)24-16(28)11-27-12-23-18-17(20(27)30)31-21(25-18)26-9-7-14(8-10-26)19(29)22-2/h3-6,12,14H,7-11H2,1-2H3,(H,22,29)(H,24,28). The van der Waals surface area contributed by atoms with Gasteiger partial charge < -0.3 is 15.5 Å². The van der Waals surface area contributed by atoms with Crippen LogP contribution in [0.5, 0.6) is 0 Å². The number of thiazole rings is 1. The van der Waals surface area contributed by atoms with Gasteiger partial charge in [0, 0.05) is 31.7 Å². The normalized spacial score (nSPS) is 14.6. The first-order chi connectivity index (χ1) is 14.9. The first-order valence-corrected chi connectivity index (χ1v) is 11.0. The molecule has 1 saturated heterocycles. The fourth-order valence-corrected chi connectivity index (χ4v) is 4.63. The predicted molar refractivity (Wildman–Crippen MR) is 120 cm³/mol. The number of anilines is 2. The van der Waals surface area contributed by atoms with Crippen LogP contribution in [0.25, 0.3) is 10.3 Å². The molecule has 1 aliphatic heterocycles. The number of piperidine rings is 1. The van der Waals surface area contributed by atoms with Gasteiger partial charge in [0.05, 0.1) is 0 Å². The van der Waals surface area contributed by atoms with Gasteiger partial charge in [-0.05, 0) is 31.9 Å². The molecule has 10 heteroatoms. The van der Waals surface area contributed by atoms with Crippen molar-refractivity contribution in [3.05, 3.63) is 46.5 Å². The van der Waals surface area contributed by atoms with Crippen LogP contribution in [0, 0.1) is 12.8 Å². The topological polar surface area (TPSA) is 109 Å². The van der Waals surface area contributed by atoms with Gasteiger partial charge in [0.1, 0.15) is 17.6 Å². The molecule has 0 atom stereocenters. The van der Waals surface area contributed by atoms with Crippen molar-refractivity contribution in [2.45, 2.75) is 26.3 Å². The predicted octanol–water partition coefficient (Wildman–Crippen LogP) is 1.76. The Bertz CT molecular complexity index is 1160. The maximum atomic E-state index is 12.9. The molecule has 3 heterocycles. The van der Waals surface area contributed by atoms with Crippen molar-refractivity contribution in [1.29, 1.82) is 0 Å². The minimum Gasteiger partial charge on any atom is -0.359 e. The van der Waals surface area contributed by atoms with Crippen LogP contribution in [0.4, 0.5) is 10.8 Å². The van der Waals surface area contributed by atoms with Crippen molar-refractivity contribution < 1.29 is 9.59 Å². The van der Waals surface area contributed by atoms with Gasteiger partial charge in [0.15, 0.2) is 10.8 Å². The second-order valence-electron chi connectivity index (χ2n) is 7.62. The summed E-state index contributed by atoms with van der Waals surface area (Å²) in [6, 6.07) is 7.46. The summed E-state index contributed by atoms with van der Waals surface area (Å²) in [7, 11) is 1.65. The summed E-state index contributed by atoms with van der Waals surface area (Å²) in [4.78, 5) is 47.9. The zero-order valence-corrected chi connectivity index (χ0v) is 18.2. The average molecular weight is 441 g/mol. The molecule has 4 rings (SSSR count). The highest BCUT2D eigenvalue weighted by molar-refractivity contribution is 7.22. The maximum Gasteiger partial charge on any atom is 0.273 e. The van der Waals surface area contributed by atoms with E-state index in [0.29, 0.717) is 29.1 Å². The number of nitrogens with one attached hydrogen (secondary N) is 2. The number of rotatable bonds is 5. The van der Waals surface area contributed by atoms with E-state index < -0.39 is 0 Å². The number of fused-ring (bicyclic) bond motifs is 1. The zero-order valence-electron chi connectivity index (χ0n) is 17.4. The van der Waals surface area contributed by atoms with Crippen molar-refractivity contribution in [1.82, 2.24) is 19.9 Å². The molecule has 0 aliphatic carbocycles. The minimum atomic E-state index is -0.298. The molecule has 0 saturated carbocycles. The van der Waals surface area contributed by atoms with E-state index in [1.165, 1.54) is 22.2 Å². The van der Waals surface area contributed by atoms with Crippen LogP contribution >= 0.6 is 11.3 Å². The molecule has 162 valence electrons. The van der Waals surface area contributed by atoms with E-state index in [1.54, 1.807) is 7.05 Å². The molecular formula is C21H24N6O3S. The van der Waals surface area contributed by atoms with Crippen LogP contribution in [-0.4, -0.2) is 46.5 Å². The Morgan fingerprint density at radius 2 is 1.90 bits per heavy atom. The molecular weight excluding hydrogens is 416 g/mol. The maximum absolute atomic E-state index is 12.9. The second kappa shape index (κ2) is 8.84. The number of hydrogen-bond acceptors (Lipinski definition) is 7. The third-order valence-electron chi connectivity index (χ3n) is 5.40. The Morgan fingerprint density at radius 3 is 2.58 bits per heavy atom. The summed E-state index contributed by atoms with van der Waals surface area (Å²) in [5.74, 6) is -0.219. The first-order valence-electron chi connectivity index (χ1n) is 10.1. The SMILES string of the molecule is CNC(=O)C1CCN(c2nc3ncn(CC(=O)Nc4ccc(C)cc4)c(=O)c3s2)CC1. The number of aromatic nitrogens is 3. The fourth-order valence-electron chi connectivity index (χ4n) is 3.61. The van der Waals surface area contributed by atoms with Crippen LogP contribution in [0.15, 0.2) is 35.4 Å². The summed E-state index contributed by atoms with van der Waals surface area (Å²) in [5, 5.41) is 6.21. The van der Waals surface area contributed by atoms with E-state index in [9.17, 15) is 14.4 Å². The molecule has 1 aromatic carbocycles. The van der Waals surface area contributed by atoms with E-state index in [4.69, 9.17) is 0 Å². The van der Waals surface area contributed by atoms with Gasteiger partial charge in [-0.1, -0.05) is 29.0 Å². The van der Waals surface area contributed by atoms with Crippen LogP contribution in [-0.2, 0) is 16.1 Å². The van der Waals surface area contributed by atoms with Gasteiger partial charge in [-0.25, -0.2) is 4.98 Å². The van der Waals surface area contributed by atoms with Gasteiger partial charge in [0.25, 0.3) is 5.56 Å². The summed E-state index contributed by atoms with van der Waals surface area (Å²) in [6.07, 6.45) is 2.85. The lowest BCUT2D eigenvalue weighted by molar-refractivity contribution is -0.125. The summed E-state index contributed by atoms with van der Waals surface area (Å²) in [6.45, 7) is 3.25. The molecule has 0 unspecified atom stereocenters. The molecule has 1 fully saturated rings. The van der Waals surface area contributed by atoms with Crippen molar-refractivity contribution in [2.75, 3.05) is 30.4 Å². The van der Waals surface area contributed by atoms with Crippen LogP contribution in [0.2, 0.25) is 0 Å². The highest BCUT2D eigenvalue weighted by atomic mass is 32.1. The van der Waals surface area contributed by atoms with Gasteiger partial charge in [-0.15, -0.1) is 0 Å². The quantitative estimate of drug-likeness (QED) is 0.626. The Morgan fingerprint density at radius 1 is 1.19 bits per heavy atom. The summed E-state index contributed by atoms with van der Waals surface area (Å²) in [5.41, 5.74) is 1.88. The fraction of sp³-hybridized carbons (Fsp3) is 0.381. The molecule has 2 aromatic heterocycles. The van der Waals surface area contributed by atoms with Crippen molar-refractivity contribution in [3.8, 4) is 0 Å². The van der Waals surface area contributed by atoms with E-state index in [0.717, 1.165) is 23.5 Å². The third kappa shape index (κ3) is 4.58. The van der Waals surface area contributed by atoms with Crippen molar-refractivity contribution in [2.24, 2.45) is 5.92 Å². The largest absolute Gasteiger partial charge is 0.359 e. The van der Waals surface area contributed by atoms with Crippen molar-refractivity contribution >= 4 is 44.3 Å². The molecule has 2 N–H and O–H groups in total. The molecule has 31 heavy (non-hydrogen) atoms. The number of hydrogen-bond donors (Lipinski definition) is 2. The molecule has 0 spiro atoms. The minimum absolute atomic E-state index is 0.0121. The second-order valence-corrected chi connectivity index (χ2v) is 8.59. The van der Waals surface area contributed by atoms with Gasteiger partial charge in [0.2, 0.25) is 11.8 Å². The molecule has 0 bridgehead atoms. The van der Waals surface area contributed by atoms with Crippen LogP contribution < -0.4 is 21.1 Å². The molecule has 0 radical (unpaired) electrons. The molecule has 3 aromatic rings. The monoisotopic (exact) mass is 440 g/mol. The van der Waals surface area contributed by atoms with Gasteiger partial charge in [-0.3, -0.25) is 19.0 Å². The molecule has 1 aliphatic rings. The van der Waals surface area contributed by atoms with Gasteiger partial charge in [-0.2, -0.15) is 4.98 Å². The van der Waals surface area contributed by atoms with Crippen molar-refractivity contribution in [3.63, 3.8) is 0 Å². The molecule has 9 nitrogen and oxygen atoms in total. The number of carbonyl (C=O) groups excluding carboxylic acids is 2. The lowest BCUT2D eigenvalue weighted by Gasteiger charge is -2.30. The van der Waals surface area contributed by atoms with E-state index in [1.807, 2.05) is 31.2 Å². The van der Waals surface area contributed by atoms with E-state index in [2.05, 4.69) is 25.5 Å². The highest BCUT2D eigenvalue weighted by Crippen LogP contribution is 2.29. The number of nitrogens with zero attached hydrogens (tertiary/aromatic N) is 4. The number of carbonyl (C=O) groups is 2. The zero-order chi connectivity index (χ0) is 22.0. The smallest absolute Gasteiger partial charge is 0.273 e. The van der Waals surface area contributed by atoms with E-state index in [-0.39, 0.29) is 29.8 Å². The first kappa shape index (κ1) is 21.0. The Kier molecular flexibility index (Phi) is 5.99. The summed E-state index contributed by atoms with van der Waals surface area (Å²) >= 11 is 1.28. The van der Waals surface area contributed by atoms with Gasteiger partial charge >= 0.3 is 0 Å². The van der Waals surface area contributed by atoms with Crippen LogP contribution in [0.1, 0.15) is 18.4 Å². The number of amides is 2. The lowest BCUT2D eigenvalue weighted by Crippen LogP contribution is -2.39. The number of benzene rings is 1. The Balaban J connectivity index is 1.47. The average Bonchev–Trinajstić information content (AvgIpc) is 3.22. The third-order valence-corrected chi connectivity index (χ3v) is 6.50. The Labute approximate surface area is 183 Å². The lowest BCUT2D eigenvalue weighted by atomic mass is 9.96. The summed E-state index contributed by atoms with van der Waals surface area (Å²) < 4.78 is 1.72. The highest BCUT2D eigenvalue weighted by Gasteiger charge is 2.26. The number of aryl methyl sites for hydroxylation is 1. The Hall–Kier alpha value is -3.27.